The van der Waals surface area contributed by atoms with Gasteiger partial charge in [-0.05, 0) is 24.5 Å². The maximum absolute atomic E-state index is 5.47. The van der Waals surface area contributed by atoms with Crippen molar-refractivity contribution in [2.24, 2.45) is 0 Å². The summed E-state index contributed by atoms with van der Waals surface area (Å²) >= 11 is 10.9. The Kier molecular flexibility index (Phi) is 1.87. The van der Waals surface area contributed by atoms with Crippen LogP contribution in [0.4, 0.5) is 0 Å². The van der Waals surface area contributed by atoms with Gasteiger partial charge in [0.25, 0.3) is 0 Å². The average Bonchev–Trinajstić information content (AvgIpc) is 2.12. The van der Waals surface area contributed by atoms with Gasteiger partial charge in [-0.25, -0.2) is 0 Å². The molecule has 0 bridgehead atoms. The molecule has 0 aliphatic carbocycles. The highest BCUT2D eigenvalue weighted by Gasteiger charge is 2.04. The standard InChI is InChI=1S/C4H4BCl2N/c6-5(7)8-3-1-2-4-8/h1-4H. The van der Waals surface area contributed by atoms with Gasteiger partial charge in [-0.1, -0.05) is 0 Å². The largest absolute Gasteiger partial charge is 0.471 e. The summed E-state index contributed by atoms with van der Waals surface area (Å²) in [4.78, 5) is 0. The summed E-state index contributed by atoms with van der Waals surface area (Å²) in [7, 11) is 0. The fourth-order valence-electron chi connectivity index (χ4n) is 0.478. The van der Waals surface area contributed by atoms with Gasteiger partial charge in [-0.3, -0.25) is 0 Å². The number of rotatable bonds is 1. The summed E-state index contributed by atoms with van der Waals surface area (Å²) in [5.41, 5.74) is -0.454. The molecule has 0 aliphatic rings. The van der Waals surface area contributed by atoms with Crippen LogP contribution in [-0.4, -0.2) is 10.2 Å². The maximum atomic E-state index is 5.47. The van der Waals surface area contributed by atoms with E-state index in [0.29, 0.717) is 0 Å². The maximum Gasteiger partial charge on any atom is 0.471 e. The van der Waals surface area contributed by atoms with E-state index in [0.717, 1.165) is 0 Å². The number of nitrogens with zero attached hydrogens (tertiary/aromatic N) is 1. The minimum Gasteiger partial charge on any atom is -0.370 e. The quantitative estimate of drug-likeness (QED) is 0.535. The molecule has 0 spiro atoms. The highest BCUT2D eigenvalue weighted by Crippen LogP contribution is 2.00. The van der Waals surface area contributed by atoms with E-state index in [4.69, 9.17) is 22.9 Å². The molecular formula is C4H4BCl2N. The van der Waals surface area contributed by atoms with Crippen LogP contribution in [0, 0.1) is 0 Å². The lowest BCUT2D eigenvalue weighted by atomic mass is 10.4. The van der Waals surface area contributed by atoms with Crippen LogP contribution in [0.1, 0.15) is 0 Å². The van der Waals surface area contributed by atoms with Crippen LogP contribution in [0.15, 0.2) is 24.5 Å². The second kappa shape index (κ2) is 2.47. The molecule has 0 N–H and O–H groups in total. The summed E-state index contributed by atoms with van der Waals surface area (Å²) in [6.45, 7) is 0. The topological polar surface area (TPSA) is 4.93 Å². The molecule has 0 saturated heterocycles. The van der Waals surface area contributed by atoms with Crippen molar-refractivity contribution >= 4 is 28.6 Å². The fourth-order valence-corrected chi connectivity index (χ4v) is 0.738. The Morgan fingerprint density at radius 2 is 1.62 bits per heavy atom. The molecule has 42 valence electrons. The van der Waals surface area contributed by atoms with Crippen molar-refractivity contribution in [1.82, 2.24) is 4.48 Å². The highest BCUT2D eigenvalue weighted by atomic mass is 35.5. The minimum atomic E-state index is -0.454. The molecule has 0 amide bonds. The van der Waals surface area contributed by atoms with E-state index >= 15 is 0 Å². The van der Waals surface area contributed by atoms with Gasteiger partial charge < -0.3 is 4.48 Å². The van der Waals surface area contributed by atoms with E-state index in [-0.39, 0.29) is 0 Å². The van der Waals surface area contributed by atoms with Crippen LogP contribution >= 0.6 is 22.9 Å². The van der Waals surface area contributed by atoms with Crippen molar-refractivity contribution in [3.05, 3.63) is 24.5 Å². The Balaban J connectivity index is 2.77. The summed E-state index contributed by atoms with van der Waals surface area (Å²) in [6, 6.07) is 3.75. The van der Waals surface area contributed by atoms with Crippen molar-refractivity contribution in [1.29, 1.82) is 0 Å². The molecule has 1 aromatic rings. The van der Waals surface area contributed by atoms with Crippen molar-refractivity contribution in [2.75, 3.05) is 0 Å². The Hall–Kier alpha value is -0.0751. The third-order valence-electron chi connectivity index (χ3n) is 0.853. The summed E-state index contributed by atoms with van der Waals surface area (Å²) < 4.78 is 1.70. The summed E-state index contributed by atoms with van der Waals surface area (Å²) in [5.74, 6) is 0. The average molecular weight is 148 g/mol. The number of hydrogen-bond donors (Lipinski definition) is 0. The first-order chi connectivity index (χ1) is 3.80. The molecule has 8 heavy (non-hydrogen) atoms. The second-order valence-corrected chi connectivity index (χ2v) is 2.46. The molecule has 0 aromatic carbocycles. The van der Waals surface area contributed by atoms with Gasteiger partial charge >= 0.3 is 5.68 Å². The van der Waals surface area contributed by atoms with Crippen molar-refractivity contribution in [3.63, 3.8) is 0 Å². The molecule has 0 unspecified atom stereocenters. The predicted molar refractivity (Wildman–Crippen MR) is 37.3 cm³/mol. The normalized spacial score (nSPS) is 9.25. The molecule has 0 saturated carbocycles. The van der Waals surface area contributed by atoms with Crippen LogP contribution in [0.5, 0.6) is 0 Å². The number of aromatic nitrogens is 1. The van der Waals surface area contributed by atoms with Crippen molar-refractivity contribution < 1.29 is 0 Å². The lowest BCUT2D eigenvalue weighted by molar-refractivity contribution is 1.25. The second-order valence-electron chi connectivity index (χ2n) is 1.41. The first-order valence-electron chi connectivity index (χ1n) is 2.21. The first kappa shape index (κ1) is 6.05. The Morgan fingerprint density at radius 3 is 1.88 bits per heavy atom. The van der Waals surface area contributed by atoms with E-state index in [9.17, 15) is 0 Å². The monoisotopic (exact) mass is 147 g/mol. The third kappa shape index (κ3) is 1.20. The molecule has 1 rings (SSSR count). The van der Waals surface area contributed by atoms with Crippen LogP contribution in [0.25, 0.3) is 0 Å². The highest BCUT2D eigenvalue weighted by molar-refractivity contribution is 7.32. The van der Waals surface area contributed by atoms with Crippen LogP contribution in [0.2, 0.25) is 0 Å². The zero-order valence-electron chi connectivity index (χ0n) is 4.09. The molecule has 1 aromatic heterocycles. The van der Waals surface area contributed by atoms with Gasteiger partial charge in [0.2, 0.25) is 0 Å². The van der Waals surface area contributed by atoms with E-state index in [1.807, 2.05) is 24.5 Å². The molecule has 0 atom stereocenters. The van der Waals surface area contributed by atoms with Crippen LogP contribution < -0.4 is 0 Å². The van der Waals surface area contributed by atoms with Crippen molar-refractivity contribution in [2.45, 2.75) is 0 Å². The van der Waals surface area contributed by atoms with Crippen LogP contribution in [-0.2, 0) is 0 Å². The predicted octanol–water partition coefficient (Wildman–Crippen LogP) is 1.80. The molecule has 0 fully saturated rings. The van der Waals surface area contributed by atoms with E-state index in [2.05, 4.69) is 0 Å². The molecule has 0 aliphatic heterocycles. The van der Waals surface area contributed by atoms with Gasteiger partial charge in [0.05, 0.1) is 0 Å². The minimum absolute atomic E-state index is 0.454. The molecule has 1 heterocycles. The third-order valence-corrected chi connectivity index (χ3v) is 1.30. The van der Waals surface area contributed by atoms with E-state index < -0.39 is 5.68 Å². The molecular weight excluding hydrogens is 144 g/mol. The van der Waals surface area contributed by atoms with Crippen LogP contribution in [0.3, 0.4) is 0 Å². The zero-order chi connectivity index (χ0) is 5.98. The molecule has 0 radical (unpaired) electrons. The Labute approximate surface area is 58.1 Å². The SMILES string of the molecule is ClB(Cl)n1cccc1. The fraction of sp³-hybridized carbons (Fsp3) is 0. The Bertz CT molecular complexity index is 149. The molecule has 1 nitrogen and oxygen atoms in total. The number of halogens is 2. The lowest BCUT2D eigenvalue weighted by Crippen LogP contribution is -2.05. The van der Waals surface area contributed by atoms with E-state index in [1.54, 1.807) is 4.48 Å². The van der Waals surface area contributed by atoms with Gasteiger partial charge in [0.1, 0.15) is 0 Å². The van der Waals surface area contributed by atoms with Gasteiger partial charge in [0, 0.05) is 0 Å². The first-order valence-corrected chi connectivity index (χ1v) is 3.08. The number of hydrogen-bond acceptors (Lipinski definition) is 0. The van der Waals surface area contributed by atoms with Gasteiger partial charge in [-0.15, -0.1) is 22.9 Å². The smallest absolute Gasteiger partial charge is 0.370 e. The van der Waals surface area contributed by atoms with Gasteiger partial charge in [-0.2, -0.15) is 0 Å². The lowest BCUT2D eigenvalue weighted by Gasteiger charge is -1.94. The van der Waals surface area contributed by atoms with E-state index in [1.165, 1.54) is 0 Å². The Morgan fingerprint density at radius 1 is 1.12 bits per heavy atom. The van der Waals surface area contributed by atoms with Crippen molar-refractivity contribution in [3.8, 4) is 0 Å². The zero-order valence-corrected chi connectivity index (χ0v) is 5.60. The van der Waals surface area contributed by atoms with Gasteiger partial charge in [0.15, 0.2) is 0 Å². The molecule has 4 heteroatoms. The summed E-state index contributed by atoms with van der Waals surface area (Å²) in [6.07, 6.45) is 3.62. The summed E-state index contributed by atoms with van der Waals surface area (Å²) in [5, 5.41) is 0.